The number of nitrogens with zero attached hydrogens (tertiary/aromatic N) is 3. The van der Waals surface area contributed by atoms with Crippen LogP contribution in [0, 0.1) is 0 Å². The Morgan fingerprint density at radius 2 is 1.79 bits per heavy atom. The average molecular weight is 317 g/mol. The molecule has 4 rings (SSSR count). The number of hydrogen-bond acceptors (Lipinski definition) is 3. The minimum absolute atomic E-state index is 0.0263. The molecule has 0 amide bonds. The lowest BCUT2D eigenvalue weighted by Crippen LogP contribution is -2.35. The Labute approximate surface area is 140 Å². The van der Waals surface area contributed by atoms with Gasteiger partial charge in [0.25, 0.3) is 5.56 Å². The molecule has 2 heterocycles. The lowest BCUT2D eigenvalue weighted by atomic mass is 10.00. The van der Waals surface area contributed by atoms with Gasteiger partial charge in [0.05, 0.1) is 23.9 Å². The quantitative estimate of drug-likeness (QED) is 0.745. The van der Waals surface area contributed by atoms with Gasteiger partial charge in [0, 0.05) is 13.1 Å². The highest BCUT2D eigenvalue weighted by Gasteiger charge is 2.14. The van der Waals surface area contributed by atoms with Crippen molar-refractivity contribution in [1.82, 2.24) is 14.5 Å². The Hall–Kier alpha value is -2.72. The molecule has 1 aliphatic heterocycles. The number of rotatable bonds is 3. The Kier molecular flexibility index (Phi) is 3.97. The summed E-state index contributed by atoms with van der Waals surface area (Å²) in [5, 5.41) is 0.678. The number of aromatic nitrogens is 2. The van der Waals surface area contributed by atoms with Crippen molar-refractivity contribution in [3.63, 3.8) is 0 Å². The van der Waals surface area contributed by atoms with Gasteiger partial charge in [-0.25, -0.2) is 4.98 Å². The van der Waals surface area contributed by atoms with Gasteiger partial charge in [-0.15, -0.1) is 0 Å². The summed E-state index contributed by atoms with van der Waals surface area (Å²) in [6.45, 7) is 2.37. The van der Waals surface area contributed by atoms with Gasteiger partial charge in [0.2, 0.25) is 0 Å². The smallest absolute Gasteiger partial charge is 0.262 e. The third kappa shape index (κ3) is 2.88. The number of benzene rings is 2. The van der Waals surface area contributed by atoms with Crippen LogP contribution < -0.4 is 5.56 Å². The van der Waals surface area contributed by atoms with E-state index >= 15 is 0 Å². The maximum absolute atomic E-state index is 12.6. The summed E-state index contributed by atoms with van der Waals surface area (Å²) >= 11 is 0. The predicted molar refractivity (Wildman–Crippen MR) is 96.6 cm³/mol. The van der Waals surface area contributed by atoms with E-state index in [4.69, 9.17) is 0 Å². The molecule has 120 valence electrons. The van der Waals surface area contributed by atoms with Crippen molar-refractivity contribution < 1.29 is 0 Å². The normalized spacial score (nSPS) is 15.4. The Morgan fingerprint density at radius 3 is 2.58 bits per heavy atom. The highest BCUT2D eigenvalue weighted by atomic mass is 16.1. The van der Waals surface area contributed by atoms with E-state index in [0.717, 1.165) is 25.0 Å². The van der Waals surface area contributed by atoms with E-state index in [9.17, 15) is 4.79 Å². The number of hydrogen-bond donors (Lipinski definition) is 0. The van der Waals surface area contributed by atoms with Crippen LogP contribution in [0.2, 0.25) is 0 Å². The molecule has 0 unspecified atom stereocenters. The average Bonchev–Trinajstić information content (AvgIpc) is 2.66. The van der Waals surface area contributed by atoms with Crippen molar-refractivity contribution >= 4 is 16.5 Å². The van der Waals surface area contributed by atoms with Crippen LogP contribution in [0.5, 0.6) is 0 Å². The maximum atomic E-state index is 12.6. The zero-order valence-electron chi connectivity index (χ0n) is 13.4. The first-order valence-corrected chi connectivity index (χ1v) is 8.22. The lowest BCUT2D eigenvalue weighted by Gasteiger charge is -2.27. The molecular weight excluding hydrogens is 298 g/mol. The molecule has 3 aromatic rings. The molecule has 4 nitrogen and oxygen atoms in total. The van der Waals surface area contributed by atoms with Crippen LogP contribution >= 0.6 is 0 Å². The van der Waals surface area contributed by atoms with E-state index in [1.54, 1.807) is 10.9 Å². The largest absolute Gasteiger partial charge is 0.285 e. The van der Waals surface area contributed by atoms with Crippen LogP contribution in [0.4, 0.5) is 0 Å². The van der Waals surface area contributed by atoms with E-state index in [1.807, 2.05) is 30.3 Å². The zero-order chi connectivity index (χ0) is 16.4. The summed E-state index contributed by atoms with van der Waals surface area (Å²) in [7, 11) is 0. The summed E-state index contributed by atoms with van der Waals surface area (Å²) in [5.74, 6) is 0. The number of fused-ring (bicyclic) bond motifs is 1. The number of para-hydroxylation sites is 1. The van der Waals surface area contributed by atoms with Crippen molar-refractivity contribution in [2.24, 2.45) is 0 Å². The van der Waals surface area contributed by atoms with Gasteiger partial charge in [-0.1, -0.05) is 48.5 Å². The van der Waals surface area contributed by atoms with Gasteiger partial charge in [-0.3, -0.25) is 14.3 Å². The highest BCUT2D eigenvalue weighted by molar-refractivity contribution is 5.76. The molecule has 0 fully saturated rings. The van der Waals surface area contributed by atoms with Crippen molar-refractivity contribution in [2.75, 3.05) is 13.1 Å². The highest BCUT2D eigenvalue weighted by Crippen LogP contribution is 2.22. The first-order valence-electron chi connectivity index (χ1n) is 8.22. The molecule has 0 atom stereocenters. The molecule has 24 heavy (non-hydrogen) atoms. The third-order valence-electron chi connectivity index (χ3n) is 4.52. The van der Waals surface area contributed by atoms with Crippen LogP contribution in [-0.2, 0) is 6.67 Å². The second kappa shape index (κ2) is 6.42. The van der Waals surface area contributed by atoms with Gasteiger partial charge >= 0.3 is 0 Å². The van der Waals surface area contributed by atoms with Crippen LogP contribution in [0.1, 0.15) is 12.0 Å². The minimum Gasteiger partial charge on any atom is -0.285 e. The third-order valence-corrected chi connectivity index (χ3v) is 4.52. The molecule has 2 aromatic carbocycles. The fourth-order valence-corrected chi connectivity index (χ4v) is 3.18. The summed E-state index contributed by atoms with van der Waals surface area (Å²) in [6, 6.07) is 18.0. The Balaban J connectivity index is 1.52. The van der Waals surface area contributed by atoms with Crippen molar-refractivity contribution in [1.29, 1.82) is 0 Å². The Morgan fingerprint density at radius 1 is 1.00 bits per heavy atom. The van der Waals surface area contributed by atoms with Crippen molar-refractivity contribution in [3.8, 4) is 0 Å². The first-order chi connectivity index (χ1) is 11.8. The van der Waals surface area contributed by atoms with E-state index in [-0.39, 0.29) is 5.56 Å². The van der Waals surface area contributed by atoms with E-state index in [1.165, 1.54) is 11.1 Å². The molecule has 0 saturated carbocycles. The molecule has 0 saturated heterocycles. The molecule has 0 bridgehead atoms. The topological polar surface area (TPSA) is 38.1 Å². The molecule has 1 aliphatic rings. The molecule has 1 aromatic heterocycles. The summed E-state index contributed by atoms with van der Waals surface area (Å²) in [6.07, 6.45) is 4.92. The van der Waals surface area contributed by atoms with Gasteiger partial charge in [-0.05, 0) is 29.7 Å². The van der Waals surface area contributed by atoms with Gasteiger partial charge in [0.1, 0.15) is 0 Å². The van der Waals surface area contributed by atoms with E-state index in [0.29, 0.717) is 12.1 Å². The lowest BCUT2D eigenvalue weighted by molar-refractivity contribution is 0.236. The predicted octanol–water partition coefficient (Wildman–Crippen LogP) is 3.14. The van der Waals surface area contributed by atoms with Gasteiger partial charge < -0.3 is 0 Å². The summed E-state index contributed by atoms with van der Waals surface area (Å²) in [5.41, 5.74) is 3.46. The second-order valence-electron chi connectivity index (χ2n) is 6.10. The first kappa shape index (κ1) is 14.8. The molecule has 0 radical (unpaired) electrons. The van der Waals surface area contributed by atoms with Gasteiger partial charge in [0.15, 0.2) is 0 Å². The van der Waals surface area contributed by atoms with Crippen molar-refractivity contribution in [3.05, 3.63) is 82.9 Å². The monoisotopic (exact) mass is 317 g/mol. The minimum atomic E-state index is 0.0263. The fourth-order valence-electron chi connectivity index (χ4n) is 3.18. The fraction of sp³-hybridized carbons (Fsp3) is 0.200. The zero-order valence-corrected chi connectivity index (χ0v) is 13.4. The van der Waals surface area contributed by atoms with Crippen LogP contribution in [0.15, 0.2) is 71.8 Å². The van der Waals surface area contributed by atoms with E-state index < -0.39 is 0 Å². The summed E-state index contributed by atoms with van der Waals surface area (Å²) in [4.78, 5) is 19.2. The molecule has 0 spiro atoms. The molecule has 0 N–H and O–H groups in total. The van der Waals surface area contributed by atoms with Crippen LogP contribution in [0.3, 0.4) is 0 Å². The maximum Gasteiger partial charge on any atom is 0.262 e. The van der Waals surface area contributed by atoms with Gasteiger partial charge in [-0.2, -0.15) is 0 Å². The SMILES string of the molecule is O=c1c2ccccc2ncn1CN1CC=C(c2ccccc2)CC1. The van der Waals surface area contributed by atoms with Crippen molar-refractivity contribution in [2.45, 2.75) is 13.1 Å². The van der Waals surface area contributed by atoms with Crippen LogP contribution in [-0.4, -0.2) is 27.5 Å². The molecular formula is C20H19N3O. The molecule has 4 heteroatoms. The standard InChI is InChI=1S/C20H19N3O/c24-20-18-8-4-5-9-19(18)21-14-23(20)15-22-12-10-17(11-13-22)16-6-2-1-3-7-16/h1-10,14H,11-13,15H2. The van der Waals surface area contributed by atoms with Crippen LogP contribution in [0.25, 0.3) is 16.5 Å². The van der Waals surface area contributed by atoms with E-state index in [2.05, 4.69) is 40.2 Å². The summed E-state index contributed by atoms with van der Waals surface area (Å²) < 4.78 is 1.70. The molecule has 0 aliphatic carbocycles. The second-order valence-corrected chi connectivity index (χ2v) is 6.10. The Bertz CT molecular complexity index is 944.